The Labute approximate surface area is 122 Å². The third-order valence-electron chi connectivity index (χ3n) is 2.28. The van der Waals surface area contributed by atoms with Crippen molar-refractivity contribution in [3.05, 3.63) is 22.8 Å². The number of sulfonamides is 1. The zero-order chi connectivity index (χ0) is 15.6. The lowest BCUT2D eigenvalue weighted by molar-refractivity contribution is 0.0697. The minimum absolute atomic E-state index is 0.0184. The number of nitrogens with one attached hydrogen (secondary N) is 2. The molecule has 0 spiro atoms. The smallest absolute Gasteiger partial charge is 0.337 e. The van der Waals surface area contributed by atoms with E-state index in [9.17, 15) is 13.2 Å². The lowest BCUT2D eigenvalue weighted by Gasteiger charge is -2.25. The number of carboxylic acid groups (broad SMARTS) is 1. The molecule has 0 atom stereocenters. The lowest BCUT2D eigenvalue weighted by atomic mass is 10.1. The molecule has 20 heavy (non-hydrogen) atoms. The number of nitrogens with zero attached hydrogens (tertiary/aromatic N) is 1. The third kappa shape index (κ3) is 4.95. The van der Waals surface area contributed by atoms with Crippen LogP contribution >= 0.6 is 11.6 Å². The Morgan fingerprint density at radius 3 is 2.60 bits per heavy atom. The molecule has 0 aliphatic carbocycles. The van der Waals surface area contributed by atoms with Crippen LogP contribution in [0.15, 0.2) is 12.3 Å². The number of hydrogen-bond donors (Lipinski definition) is 3. The first-order valence-electron chi connectivity index (χ1n) is 5.62. The molecule has 0 radical (unpaired) electrons. The summed E-state index contributed by atoms with van der Waals surface area (Å²) in [6, 6.07) is 1.29. The van der Waals surface area contributed by atoms with Gasteiger partial charge in [-0.05, 0) is 19.9 Å². The number of aromatic nitrogens is 1. The van der Waals surface area contributed by atoms with Crippen LogP contribution in [-0.4, -0.2) is 42.8 Å². The van der Waals surface area contributed by atoms with Gasteiger partial charge in [-0.2, -0.15) is 0 Å². The van der Waals surface area contributed by atoms with Crippen molar-refractivity contribution in [1.82, 2.24) is 9.71 Å². The summed E-state index contributed by atoms with van der Waals surface area (Å²) >= 11 is 5.92. The van der Waals surface area contributed by atoms with Gasteiger partial charge in [-0.25, -0.2) is 22.9 Å². The van der Waals surface area contributed by atoms with Gasteiger partial charge in [-0.1, -0.05) is 11.6 Å². The molecule has 1 aromatic rings. The maximum Gasteiger partial charge on any atom is 0.337 e. The molecular formula is C11H16ClN3O4S. The average Bonchev–Trinajstić information content (AvgIpc) is 2.24. The topological polar surface area (TPSA) is 108 Å². The number of aromatic carboxylic acids is 1. The van der Waals surface area contributed by atoms with Crippen LogP contribution in [0.5, 0.6) is 0 Å². The van der Waals surface area contributed by atoms with Crippen molar-refractivity contribution in [2.75, 3.05) is 18.1 Å². The zero-order valence-electron chi connectivity index (χ0n) is 11.3. The molecule has 0 bridgehead atoms. The minimum Gasteiger partial charge on any atom is -0.478 e. The molecule has 9 heteroatoms. The second-order valence-corrected chi connectivity index (χ2v) is 7.06. The summed E-state index contributed by atoms with van der Waals surface area (Å²) in [5.41, 5.74) is -0.851. The molecule has 7 nitrogen and oxygen atoms in total. The summed E-state index contributed by atoms with van der Waals surface area (Å²) in [4.78, 5) is 14.9. The number of anilines is 1. The van der Waals surface area contributed by atoms with E-state index in [0.29, 0.717) is 0 Å². The second-order valence-electron chi connectivity index (χ2n) is 4.94. The highest BCUT2D eigenvalue weighted by Crippen LogP contribution is 2.24. The van der Waals surface area contributed by atoms with Gasteiger partial charge in [-0.15, -0.1) is 0 Å². The molecule has 0 aromatic carbocycles. The molecule has 0 amide bonds. The van der Waals surface area contributed by atoms with Gasteiger partial charge in [0.15, 0.2) is 0 Å². The van der Waals surface area contributed by atoms with E-state index in [1.807, 2.05) is 0 Å². The van der Waals surface area contributed by atoms with Crippen LogP contribution in [-0.2, 0) is 10.0 Å². The summed E-state index contributed by atoms with van der Waals surface area (Å²) in [5, 5.41) is 11.8. The maximum absolute atomic E-state index is 11.2. The van der Waals surface area contributed by atoms with Gasteiger partial charge in [0, 0.05) is 18.3 Å². The Morgan fingerprint density at radius 2 is 2.10 bits per heavy atom. The summed E-state index contributed by atoms with van der Waals surface area (Å²) in [7, 11) is -3.36. The van der Waals surface area contributed by atoms with Crippen molar-refractivity contribution in [2.24, 2.45) is 0 Å². The number of hydrogen-bond acceptors (Lipinski definition) is 5. The molecule has 1 rings (SSSR count). The van der Waals surface area contributed by atoms with Gasteiger partial charge in [0.05, 0.1) is 16.8 Å². The highest BCUT2D eigenvalue weighted by Gasteiger charge is 2.23. The fraction of sp³-hybridized carbons (Fsp3) is 0.455. The Kier molecular flexibility index (Phi) is 4.95. The monoisotopic (exact) mass is 321 g/mol. The van der Waals surface area contributed by atoms with Crippen molar-refractivity contribution in [3.63, 3.8) is 0 Å². The molecule has 0 saturated heterocycles. The van der Waals surface area contributed by atoms with E-state index in [1.165, 1.54) is 12.3 Å². The van der Waals surface area contributed by atoms with Gasteiger partial charge in [-0.3, -0.25) is 0 Å². The summed E-state index contributed by atoms with van der Waals surface area (Å²) in [6.07, 6.45) is 2.37. The van der Waals surface area contributed by atoms with E-state index in [2.05, 4.69) is 15.0 Å². The Hall–Kier alpha value is -1.38. The Bertz CT molecular complexity index is 616. The van der Waals surface area contributed by atoms with E-state index < -0.39 is 21.5 Å². The third-order valence-corrected chi connectivity index (χ3v) is 3.59. The van der Waals surface area contributed by atoms with Crippen LogP contribution in [0.2, 0.25) is 5.02 Å². The van der Waals surface area contributed by atoms with E-state index >= 15 is 0 Å². The van der Waals surface area contributed by atoms with Gasteiger partial charge in [0.1, 0.15) is 5.82 Å². The number of rotatable bonds is 6. The minimum atomic E-state index is -3.36. The van der Waals surface area contributed by atoms with Crippen LogP contribution < -0.4 is 10.0 Å². The van der Waals surface area contributed by atoms with Crippen molar-refractivity contribution in [3.8, 4) is 0 Å². The van der Waals surface area contributed by atoms with Crippen LogP contribution in [0.3, 0.4) is 0 Å². The largest absolute Gasteiger partial charge is 0.478 e. The molecule has 0 aliphatic heterocycles. The number of halogens is 1. The van der Waals surface area contributed by atoms with Crippen molar-refractivity contribution >= 4 is 33.4 Å². The molecule has 3 N–H and O–H groups in total. The number of pyridine rings is 1. The normalized spacial score (nSPS) is 12.2. The maximum atomic E-state index is 11.2. The van der Waals surface area contributed by atoms with E-state index in [0.717, 1.165) is 6.26 Å². The molecule has 0 aliphatic rings. The van der Waals surface area contributed by atoms with Crippen molar-refractivity contribution in [1.29, 1.82) is 0 Å². The van der Waals surface area contributed by atoms with E-state index in [4.69, 9.17) is 16.7 Å². The van der Waals surface area contributed by atoms with Crippen molar-refractivity contribution in [2.45, 2.75) is 19.4 Å². The van der Waals surface area contributed by atoms with Gasteiger partial charge in [0.2, 0.25) is 10.0 Å². The van der Waals surface area contributed by atoms with E-state index in [1.54, 1.807) is 13.8 Å². The highest BCUT2D eigenvalue weighted by molar-refractivity contribution is 7.88. The molecule has 112 valence electrons. The molecular weight excluding hydrogens is 306 g/mol. The second kappa shape index (κ2) is 5.94. The van der Waals surface area contributed by atoms with Crippen LogP contribution in [0.25, 0.3) is 0 Å². The quantitative estimate of drug-likeness (QED) is 0.726. The molecule has 1 heterocycles. The zero-order valence-corrected chi connectivity index (χ0v) is 12.8. The lowest BCUT2D eigenvalue weighted by Crippen LogP contribution is -2.47. The first kappa shape index (κ1) is 16.7. The summed E-state index contributed by atoms with van der Waals surface area (Å²) in [5.74, 6) is -0.969. The fourth-order valence-electron chi connectivity index (χ4n) is 1.57. The first-order valence-corrected chi connectivity index (χ1v) is 7.89. The highest BCUT2D eigenvalue weighted by atomic mass is 35.5. The van der Waals surface area contributed by atoms with E-state index in [-0.39, 0.29) is 22.9 Å². The predicted molar refractivity (Wildman–Crippen MR) is 76.8 cm³/mol. The Balaban J connectivity index is 2.85. The van der Waals surface area contributed by atoms with Gasteiger partial charge < -0.3 is 10.4 Å². The van der Waals surface area contributed by atoms with Crippen LogP contribution in [0.4, 0.5) is 5.82 Å². The summed E-state index contributed by atoms with van der Waals surface area (Å²) in [6.45, 7) is 3.54. The Morgan fingerprint density at radius 1 is 1.50 bits per heavy atom. The SMILES string of the molecule is CC(C)(CNc1nccc(C(=O)O)c1Cl)NS(C)(=O)=O. The van der Waals surface area contributed by atoms with Gasteiger partial charge in [0.25, 0.3) is 0 Å². The predicted octanol–water partition coefficient (Wildman–Crippen LogP) is 1.17. The molecule has 1 aromatic heterocycles. The van der Waals surface area contributed by atoms with Crippen LogP contribution in [0, 0.1) is 0 Å². The number of carboxylic acids is 1. The average molecular weight is 322 g/mol. The standard InChI is InChI=1S/C11H16ClN3O4S/c1-11(2,15-20(3,18)19)6-14-9-8(12)7(10(16)17)4-5-13-9/h4-5,15H,6H2,1-3H3,(H,13,14)(H,16,17). The molecule has 0 fully saturated rings. The number of carbonyl (C=O) groups is 1. The van der Waals surface area contributed by atoms with Crippen LogP contribution in [0.1, 0.15) is 24.2 Å². The molecule has 0 unspecified atom stereocenters. The van der Waals surface area contributed by atoms with Gasteiger partial charge >= 0.3 is 5.97 Å². The first-order chi connectivity index (χ1) is 9.02. The summed E-state index contributed by atoms with van der Waals surface area (Å²) < 4.78 is 24.9. The van der Waals surface area contributed by atoms with Crippen molar-refractivity contribution < 1.29 is 18.3 Å². The fourth-order valence-corrected chi connectivity index (χ4v) is 2.91. The molecule has 0 saturated carbocycles.